The Labute approximate surface area is 194 Å². The van der Waals surface area contributed by atoms with Crippen LogP contribution in [0.3, 0.4) is 0 Å². The van der Waals surface area contributed by atoms with E-state index in [1.54, 1.807) is 45.0 Å². The fourth-order valence-electron chi connectivity index (χ4n) is 3.39. The molecule has 3 amide bonds. The molecule has 1 aromatic carbocycles. The Kier molecular flexibility index (Phi) is 8.85. The molecule has 1 saturated carbocycles. The zero-order chi connectivity index (χ0) is 24.6. The monoisotopic (exact) mass is 457 g/mol. The summed E-state index contributed by atoms with van der Waals surface area (Å²) >= 11 is 0. The summed E-state index contributed by atoms with van der Waals surface area (Å²) in [7, 11) is 1.21. The highest BCUT2D eigenvalue weighted by Gasteiger charge is 2.39. The number of carbonyl (C=O) groups is 4. The molecule has 1 aromatic rings. The number of benzene rings is 1. The van der Waals surface area contributed by atoms with Gasteiger partial charge >= 0.3 is 12.1 Å². The third kappa shape index (κ3) is 7.24. The Morgan fingerprint density at radius 3 is 2.36 bits per heavy atom. The number of esters is 1. The standard InChI is InChI=1S/C24H31N3O6/c1-6-16-10-7-8-13-18(16)21(22(30)25-15-20(29)32-5)27(17-11-9-12-17)19(28)14-26-23(31)33-24(2,3)4/h1,7-8,10,13,17,21H,9,11-12,14-15H2,2-5H3,(H,25,30)(H,26,31). The van der Waals surface area contributed by atoms with Crippen molar-refractivity contribution in [3.63, 3.8) is 0 Å². The molecule has 0 heterocycles. The van der Waals surface area contributed by atoms with Gasteiger partial charge in [-0.3, -0.25) is 14.4 Å². The summed E-state index contributed by atoms with van der Waals surface area (Å²) in [5, 5.41) is 4.99. The van der Waals surface area contributed by atoms with Gasteiger partial charge in [-0.15, -0.1) is 6.42 Å². The molecule has 0 bridgehead atoms. The highest BCUT2D eigenvalue weighted by Crippen LogP contribution is 2.34. The molecule has 9 heteroatoms. The molecule has 0 spiro atoms. The lowest BCUT2D eigenvalue weighted by Crippen LogP contribution is -2.54. The predicted molar refractivity (Wildman–Crippen MR) is 121 cm³/mol. The molecular formula is C24H31N3O6. The number of nitrogens with zero attached hydrogens (tertiary/aromatic N) is 1. The number of alkyl carbamates (subject to hydrolysis) is 1. The van der Waals surface area contributed by atoms with Crippen LogP contribution in [0.4, 0.5) is 4.79 Å². The highest BCUT2D eigenvalue weighted by molar-refractivity contribution is 5.92. The van der Waals surface area contributed by atoms with Crippen molar-refractivity contribution < 1.29 is 28.7 Å². The summed E-state index contributed by atoms with van der Waals surface area (Å²) in [6.45, 7) is 4.44. The van der Waals surface area contributed by atoms with Crippen LogP contribution in [0.25, 0.3) is 0 Å². The molecule has 0 aromatic heterocycles. The summed E-state index contributed by atoms with van der Waals surface area (Å²) < 4.78 is 9.79. The lowest BCUT2D eigenvalue weighted by atomic mass is 9.87. The van der Waals surface area contributed by atoms with Crippen LogP contribution < -0.4 is 10.6 Å². The Hall–Kier alpha value is -3.54. The van der Waals surface area contributed by atoms with Crippen LogP contribution >= 0.6 is 0 Å². The maximum Gasteiger partial charge on any atom is 0.408 e. The Morgan fingerprint density at radius 2 is 1.82 bits per heavy atom. The van der Waals surface area contributed by atoms with Gasteiger partial charge in [-0.1, -0.05) is 24.1 Å². The van der Waals surface area contributed by atoms with Crippen LogP contribution in [-0.2, 0) is 23.9 Å². The van der Waals surface area contributed by atoms with Crippen molar-refractivity contribution in [2.75, 3.05) is 20.2 Å². The second-order valence-corrected chi connectivity index (χ2v) is 8.67. The van der Waals surface area contributed by atoms with Gasteiger partial charge < -0.3 is 25.0 Å². The third-order valence-electron chi connectivity index (χ3n) is 5.11. The topological polar surface area (TPSA) is 114 Å². The average Bonchev–Trinajstić information content (AvgIpc) is 2.73. The number of rotatable bonds is 8. The fraction of sp³-hybridized carbons (Fsp3) is 0.500. The predicted octanol–water partition coefficient (Wildman–Crippen LogP) is 1.90. The number of nitrogens with one attached hydrogen (secondary N) is 2. The van der Waals surface area contributed by atoms with Gasteiger partial charge in [0.25, 0.3) is 0 Å². The Morgan fingerprint density at radius 1 is 1.15 bits per heavy atom. The van der Waals surface area contributed by atoms with Crippen molar-refractivity contribution in [2.45, 2.75) is 57.7 Å². The van der Waals surface area contributed by atoms with Crippen molar-refractivity contribution in [3.05, 3.63) is 35.4 Å². The Balaban J connectivity index is 2.35. The second-order valence-electron chi connectivity index (χ2n) is 8.67. The summed E-state index contributed by atoms with van der Waals surface area (Å²) in [6, 6.07) is 5.52. The molecule has 9 nitrogen and oxygen atoms in total. The molecule has 1 aliphatic carbocycles. The van der Waals surface area contributed by atoms with E-state index < -0.39 is 35.5 Å². The van der Waals surface area contributed by atoms with Crippen LogP contribution in [0.1, 0.15) is 57.2 Å². The van der Waals surface area contributed by atoms with Crippen molar-refractivity contribution in [1.82, 2.24) is 15.5 Å². The molecule has 0 radical (unpaired) electrons. The van der Waals surface area contributed by atoms with E-state index in [4.69, 9.17) is 11.2 Å². The van der Waals surface area contributed by atoms with Gasteiger partial charge in [0.1, 0.15) is 24.7 Å². The minimum absolute atomic E-state index is 0.211. The lowest BCUT2D eigenvalue weighted by molar-refractivity contribution is -0.146. The number of amides is 3. The first kappa shape index (κ1) is 25.7. The quantitative estimate of drug-likeness (QED) is 0.455. The number of hydrogen-bond acceptors (Lipinski definition) is 6. The Bertz CT molecular complexity index is 927. The van der Waals surface area contributed by atoms with E-state index in [1.807, 2.05) is 0 Å². The van der Waals surface area contributed by atoms with Gasteiger partial charge in [-0.2, -0.15) is 0 Å². The van der Waals surface area contributed by atoms with E-state index in [9.17, 15) is 19.2 Å². The SMILES string of the molecule is C#Cc1ccccc1C(C(=O)NCC(=O)OC)N(C(=O)CNC(=O)OC(C)(C)C)C1CCC1. The molecule has 1 atom stereocenters. The van der Waals surface area contributed by atoms with Crippen LogP contribution in [0, 0.1) is 12.3 Å². The zero-order valence-electron chi connectivity index (χ0n) is 19.5. The molecule has 1 aliphatic rings. The number of terminal acetylenes is 1. The fourth-order valence-corrected chi connectivity index (χ4v) is 3.39. The van der Waals surface area contributed by atoms with Gasteiger partial charge in [0.2, 0.25) is 11.8 Å². The van der Waals surface area contributed by atoms with Crippen LogP contribution in [0.15, 0.2) is 24.3 Å². The van der Waals surface area contributed by atoms with Crippen LogP contribution in [-0.4, -0.2) is 60.6 Å². The molecule has 0 saturated heterocycles. The van der Waals surface area contributed by atoms with E-state index in [-0.39, 0.29) is 19.1 Å². The first-order valence-electron chi connectivity index (χ1n) is 10.8. The highest BCUT2D eigenvalue weighted by atomic mass is 16.6. The largest absolute Gasteiger partial charge is 0.468 e. The van der Waals surface area contributed by atoms with E-state index in [2.05, 4.69) is 21.3 Å². The molecule has 1 fully saturated rings. The smallest absolute Gasteiger partial charge is 0.408 e. The molecule has 33 heavy (non-hydrogen) atoms. The molecule has 2 N–H and O–H groups in total. The zero-order valence-corrected chi connectivity index (χ0v) is 19.5. The minimum Gasteiger partial charge on any atom is -0.468 e. The summed E-state index contributed by atoms with van der Waals surface area (Å²) in [5.74, 6) is 0.896. The minimum atomic E-state index is -1.08. The van der Waals surface area contributed by atoms with Gasteiger partial charge in [-0.25, -0.2) is 4.79 Å². The first-order valence-corrected chi connectivity index (χ1v) is 10.8. The summed E-state index contributed by atoms with van der Waals surface area (Å²) in [6.07, 6.45) is 7.23. The van der Waals surface area contributed by atoms with E-state index in [0.717, 1.165) is 6.42 Å². The van der Waals surface area contributed by atoms with Crippen molar-refractivity contribution in [3.8, 4) is 12.3 Å². The molecule has 0 aliphatic heterocycles. The van der Waals surface area contributed by atoms with E-state index in [1.165, 1.54) is 12.0 Å². The van der Waals surface area contributed by atoms with E-state index >= 15 is 0 Å². The van der Waals surface area contributed by atoms with Gasteiger partial charge in [-0.05, 0) is 51.7 Å². The van der Waals surface area contributed by atoms with Gasteiger partial charge in [0, 0.05) is 11.6 Å². The summed E-state index contributed by atoms with van der Waals surface area (Å²) in [5.41, 5.74) is 0.191. The second kappa shape index (κ2) is 11.4. The number of hydrogen-bond donors (Lipinski definition) is 2. The van der Waals surface area contributed by atoms with Crippen molar-refractivity contribution >= 4 is 23.9 Å². The number of ether oxygens (including phenoxy) is 2. The van der Waals surface area contributed by atoms with Crippen LogP contribution in [0.5, 0.6) is 0 Å². The number of carbonyl (C=O) groups excluding carboxylic acids is 4. The first-order chi connectivity index (χ1) is 15.6. The summed E-state index contributed by atoms with van der Waals surface area (Å²) in [4.78, 5) is 51.6. The van der Waals surface area contributed by atoms with Crippen molar-refractivity contribution in [1.29, 1.82) is 0 Å². The maximum absolute atomic E-state index is 13.3. The molecule has 178 valence electrons. The molecule has 2 rings (SSSR count). The average molecular weight is 458 g/mol. The molecular weight excluding hydrogens is 426 g/mol. The van der Waals surface area contributed by atoms with Crippen LogP contribution in [0.2, 0.25) is 0 Å². The van der Waals surface area contributed by atoms with Gasteiger partial charge in [0.15, 0.2) is 0 Å². The number of methoxy groups -OCH3 is 1. The maximum atomic E-state index is 13.3. The van der Waals surface area contributed by atoms with Crippen molar-refractivity contribution in [2.24, 2.45) is 0 Å². The van der Waals surface area contributed by atoms with E-state index in [0.29, 0.717) is 24.0 Å². The lowest BCUT2D eigenvalue weighted by Gasteiger charge is -2.42. The normalized spacial score (nSPS) is 14.2. The molecule has 1 unspecified atom stereocenters. The van der Waals surface area contributed by atoms with Gasteiger partial charge in [0.05, 0.1) is 7.11 Å². The third-order valence-corrected chi connectivity index (χ3v) is 5.11.